The molecule has 0 saturated carbocycles. The van der Waals surface area contributed by atoms with Crippen LogP contribution >= 0.6 is 0 Å². The van der Waals surface area contributed by atoms with Gasteiger partial charge in [0.25, 0.3) is 0 Å². The molecule has 0 spiro atoms. The standard InChI is InChI=1S/C13H24N4O2/c14-12(18)9-11-1-5-17(6-2-11)13(19)10-16-7-3-15-4-8-16/h11,15H,1-10H2,(H2,14,18). The Bertz CT molecular complexity index is 321. The van der Waals surface area contributed by atoms with Gasteiger partial charge < -0.3 is 16.0 Å². The van der Waals surface area contributed by atoms with Gasteiger partial charge >= 0.3 is 0 Å². The molecule has 0 aromatic carbocycles. The van der Waals surface area contributed by atoms with Crippen LogP contribution in [0.25, 0.3) is 0 Å². The number of piperazine rings is 1. The lowest BCUT2D eigenvalue weighted by Crippen LogP contribution is -2.49. The zero-order chi connectivity index (χ0) is 13.7. The summed E-state index contributed by atoms with van der Waals surface area (Å²) < 4.78 is 0. The monoisotopic (exact) mass is 268 g/mol. The summed E-state index contributed by atoms with van der Waals surface area (Å²) in [5.41, 5.74) is 5.21. The van der Waals surface area contributed by atoms with Crippen LogP contribution < -0.4 is 11.1 Å². The average Bonchev–Trinajstić information content (AvgIpc) is 2.40. The summed E-state index contributed by atoms with van der Waals surface area (Å²) in [4.78, 5) is 27.2. The van der Waals surface area contributed by atoms with Gasteiger partial charge in [-0.15, -0.1) is 0 Å². The summed E-state index contributed by atoms with van der Waals surface area (Å²) in [7, 11) is 0. The summed E-state index contributed by atoms with van der Waals surface area (Å²) in [6, 6.07) is 0. The smallest absolute Gasteiger partial charge is 0.236 e. The maximum atomic E-state index is 12.2. The average molecular weight is 268 g/mol. The van der Waals surface area contributed by atoms with Gasteiger partial charge in [-0.1, -0.05) is 0 Å². The van der Waals surface area contributed by atoms with Gasteiger partial charge in [-0.05, 0) is 18.8 Å². The summed E-state index contributed by atoms with van der Waals surface area (Å²) in [6.07, 6.45) is 2.26. The van der Waals surface area contributed by atoms with Crippen molar-refractivity contribution in [3.8, 4) is 0 Å². The molecule has 6 nitrogen and oxygen atoms in total. The number of carbonyl (C=O) groups is 2. The molecule has 0 aromatic rings. The first-order valence-corrected chi connectivity index (χ1v) is 7.14. The van der Waals surface area contributed by atoms with Crippen molar-refractivity contribution < 1.29 is 9.59 Å². The number of nitrogens with two attached hydrogens (primary N) is 1. The Morgan fingerprint density at radius 2 is 1.74 bits per heavy atom. The van der Waals surface area contributed by atoms with E-state index in [9.17, 15) is 9.59 Å². The molecule has 2 aliphatic rings. The van der Waals surface area contributed by atoms with Crippen LogP contribution in [-0.2, 0) is 9.59 Å². The number of nitrogens with zero attached hydrogens (tertiary/aromatic N) is 2. The van der Waals surface area contributed by atoms with E-state index in [-0.39, 0.29) is 11.8 Å². The maximum absolute atomic E-state index is 12.2. The second-order valence-corrected chi connectivity index (χ2v) is 5.52. The Labute approximate surface area is 114 Å². The van der Waals surface area contributed by atoms with Gasteiger partial charge in [-0.25, -0.2) is 0 Å². The Kier molecular flexibility index (Phi) is 5.15. The molecular weight excluding hydrogens is 244 g/mol. The first-order valence-electron chi connectivity index (χ1n) is 7.14. The topological polar surface area (TPSA) is 78.7 Å². The highest BCUT2D eigenvalue weighted by Gasteiger charge is 2.25. The first kappa shape index (κ1) is 14.3. The third kappa shape index (κ3) is 4.47. The largest absolute Gasteiger partial charge is 0.370 e. The predicted octanol–water partition coefficient (Wildman–Crippen LogP) is -0.994. The summed E-state index contributed by atoms with van der Waals surface area (Å²) in [5.74, 6) is 0.353. The lowest BCUT2D eigenvalue weighted by atomic mass is 9.93. The minimum atomic E-state index is -0.231. The molecule has 0 bridgehead atoms. The van der Waals surface area contributed by atoms with Crippen LogP contribution in [0.2, 0.25) is 0 Å². The molecule has 108 valence electrons. The second kappa shape index (κ2) is 6.86. The van der Waals surface area contributed by atoms with Gasteiger partial charge in [0.1, 0.15) is 0 Å². The van der Waals surface area contributed by atoms with Gasteiger partial charge in [0.05, 0.1) is 6.54 Å². The van der Waals surface area contributed by atoms with Crippen LogP contribution in [0.4, 0.5) is 0 Å². The number of amides is 2. The van der Waals surface area contributed by atoms with Crippen LogP contribution in [0.5, 0.6) is 0 Å². The lowest BCUT2D eigenvalue weighted by Gasteiger charge is -2.34. The second-order valence-electron chi connectivity index (χ2n) is 5.52. The van der Waals surface area contributed by atoms with Crippen LogP contribution in [0, 0.1) is 5.92 Å². The molecule has 0 radical (unpaired) electrons. The molecule has 2 aliphatic heterocycles. The van der Waals surface area contributed by atoms with Crippen molar-refractivity contribution in [2.75, 3.05) is 45.8 Å². The highest BCUT2D eigenvalue weighted by Crippen LogP contribution is 2.20. The molecular formula is C13H24N4O2. The fourth-order valence-electron chi connectivity index (χ4n) is 2.83. The zero-order valence-electron chi connectivity index (χ0n) is 11.4. The van der Waals surface area contributed by atoms with E-state index >= 15 is 0 Å². The first-order chi connectivity index (χ1) is 9.15. The fraction of sp³-hybridized carbons (Fsp3) is 0.846. The summed E-state index contributed by atoms with van der Waals surface area (Å²) in [6.45, 7) is 5.89. The van der Waals surface area contributed by atoms with Crippen molar-refractivity contribution in [3.05, 3.63) is 0 Å². The van der Waals surface area contributed by atoms with Crippen molar-refractivity contribution in [2.45, 2.75) is 19.3 Å². The Morgan fingerprint density at radius 1 is 1.11 bits per heavy atom. The molecule has 19 heavy (non-hydrogen) atoms. The quantitative estimate of drug-likeness (QED) is 0.686. The maximum Gasteiger partial charge on any atom is 0.236 e. The van der Waals surface area contributed by atoms with E-state index in [1.165, 1.54) is 0 Å². The van der Waals surface area contributed by atoms with Crippen molar-refractivity contribution in [2.24, 2.45) is 11.7 Å². The van der Waals surface area contributed by atoms with Gasteiger partial charge in [0.2, 0.25) is 11.8 Å². The highest BCUT2D eigenvalue weighted by atomic mass is 16.2. The highest BCUT2D eigenvalue weighted by molar-refractivity contribution is 5.78. The molecule has 0 aromatic heterocycles. The molecule has 2 saturated heterocycles. The van der Waals surface area contributed by atoms with E-state index in [0.29, 0.717) is 18.9 Å². The number of hydrogen-bond acceptors (Lipinski definition) is 4. The van der Waals surface area contributed by atoms with E-state index in [2.05, 4.69) is 10.2 Å². The lowest BCUT2D eigenvalue weighted by molar-refractivity contribution is -0.134. The number of piperidine rings is 1. The van der Waals surface area contributed by atoms with Crippen molar-refractivity contribution in [1.82, 2.24) is 15.1 Å². The van der Waals surface area contributed by atoms with Crippen LogP contribution in [-0.4, -0.2) is 67.4 Å². The van der Waals surface area contributed by atoms with E-state index in [1.807, 2.05) is 4.90 Å². The van der Waals surface area contributed by atoms with E-state index in [4.69, 9.17) is 5.73 Å². The molecule has 3 N–H and O–H groups in total. The molecule has 6 heteroatoms. The van der Waals surface area contributed by atoms with Crippen molar-refractivity contribution >= 4 is 11.8 Å². The number of likely N-dealkylation sites (tertiary alicyclic amines) is 1. The Balaban J connectivity index is 1.71. The third-order valence-electron chi connectivity index (χ3n) is 4.03. The predicted molar refractivity (Wildman–Crippen MR) is 72.4 cm³/mol. The van der Waals surface area contributed by atoms with Crippen LogP contribution in [0.1, 0.15) is 19.3 Å². The normalized spacial score (nSPS) is 22.4. The third-order valence-corrected chi connectivity index (χ3v) is 4.03. The fourth-order valence-corrected chi connectivity index (χ4v) is 2.83. The van der Waals surface area contributed by atoms with E-state index < -0.39 is 0 Å². The van der Waals surface area contributed by atoms with Gasteiger partial charge in [0, 0.05) is 45.7 Å². The SMILES string of the molecule is NC(=O)CC1CCN(C(=O)CN2CCNCC2)CC1. The molecule has 0 atom stereocenters. The number of hydrogen-bond donors (Lipinski definition) is 2. The van der Waals surface area contributed by atoms with E-state index in [1.54, 1.807) is 0 Å². The number of rotatable bonds is 4. The molecule has 2 fully saturated rings. The number of carbonyl (C=O) groups excluding carboxylic acids is 2. The minimum Gasteiger partial charge on any atom is -0.370 e. The molecule has 0 aliphatic carbocycles. The van der Waals surface area contributed by atoms with Gasteiger partial charge in [-0.2, -0.15) is 0 Å². The van der Waals surface area contributed by atoms with Crippen molar-refractivity contribution in [3.63, 3.8) is 0 Å². The Hall–Kier alpha value is -1.14. The van der Waals surface area contributed by atoms with Gasteiger partial charge in [-0.3, -0.25) is 14.5 Å². The molecule has 0 unspecified atom stereocenters. The van der Waals surface area contributed by atoms with Crippen LogP contribution in [0.15, 0.2) is 0 Å². The Morgan fingerprint density at radius 3 is 2.32 bits per heavy atom. The zero-order valence-corrected chi connectivity index (χ0v) is 11.4. The minimum absolute atomic E-state index is 0.222. The van der Waals surface area contributed by atoms with Crippen molar-refractivity contribution in [1.29, 1.82) is 0 Å². The molecule has 2 amide bonds. The van der Waals surface area contributed by atoms with Crippen LogP contribution in [0.3, 0.4) is 0 Å². The molecule has 2 heterocycles. The van der Waals surface area contributed by atoms with Gasteiger partial charge in [0.15, 0.2) is 0 Å². The van der Waals surface area contributed by atoms with E-state index in [0.717, 1.165) is 52.1 Å². The molecule has 2 rings (SSSR count). The number of nitrogens with one attached hydrogen (secondary N) is 1. The number of primary amides is 1. The summed E-state index contributed by atoms with van der Waals surface area (Å²) in [5, 5.41) is 3.28. The summed E-state index contributed by atoms with van der Waals surface area (Å²) >= 11 is 0.